The highest BCUT2D eigenvalue weighted by Crippen LogP contribution is 2.22. The van der Waals surface area contributed by atoms with Gasteiger partial charge in [0.1, 0.15) is 5.82 Å². The summed E-state index contributed by atoms with van der Waals surface area (Å²) >= 11 is 0. The molecule has 2 aromatic carbocycles. The molecule has 2 N–H and O–H groups in total. The van der Waals surface area contributed by atoms with Crippen LogP contribution in [0.15, 0.2) is 42.5 Å². The smallest absolute Gasteiger partial charge is 0.248 e. The molecule has 0 fully saturated rings. The van der Waals surface area contributed by atoms with Gasteiger partial charge in [-0.05, 0) is 47.9 Å². The zero-order chi connectivity index (χ0) is 12.4. The molecular weight excluding hydrogens is 217 g/mol. The monoisotopic (exact) mass is 229 g/mol. The summed E-state index contributed by atoms with van der Waals surface area (Å²) in [5.74, 6) is -0.703. The highest BCUT2D eigenvalue weighted by molar-refractivity contribution is 5.94. The Morgan fingerprint density at radius 3 is 2.47 bits per heavy atom. The minimum absolute atomic E-state index is 0.236. The molecule has 0 aromatic heterocycles. The second kappa shape index (κ2) is 4.37. The molecule has 0 spiro atoms. The fourth-order valence-electron chi connectivity index (χ4n) is 1.68. The van der Waals surface area contributed by atoms with Crippen molar-refractivity contribution in [2.75, 3.05) is 0 Å². The van der Waals surface area contributed by atoms with E-state index in [9.17, 15) is 9.18 Å². The lowest BCUT2D eigenvalue weighted by Gasteiger charge is -2.05. The van der Waals surface area contributed by atoms with Gasteiger partial charge in [0.05, 0.1) is 0 Å². The van der Waals surface area contributed by atoms with Crippen LogP contribution in [0.5, 0.6) is 0 Å². The molecule has 0 aliphatic heterocycles. The second-order valence-electron chi connectivity index (χ2n) is 3.91. The quantitative estimate of drug-likeness (QED) is 0.845. The van der Waals surface area contributed by atoms with Gasteiger partial charge >= 0.3 is 0 Å². The summed E-state index contributed by atoms with van der Waals surface area (Å²) in [6, 6.07) is 11.8. The van der Waals surface area contributed by atoms with Crippen molar-refractivity contribution < 1.29 is 9.18 Å². The largest absolute Gasteiger partial charge is 0.366 e. The van der Waals surface area contributed by atoms with E-state index in [1.54, 1.807) is 37.3 Å². The first-order chi connectivity index (χ1) is 8.08. The molecular formula is C14H12FNO. The Morgan fingerprint density at radius 1 is 1.12 bits per heavy atom. The van der Waals surface area contributed by atoms with Gasteiger partial charge in [-0.25, -0.2) is 4.39 Å². The standard InChI is InChI=1S/C14H12FNO/c1-9-7-11(5-6-13(9)15)10-3-2-4-12(8-10)14(16)17/h2-8H,1H3,(H2,16,17). The van der Waals surface area contributed by atoms with Gasteiger partial charge in [0.25, 0.3) is 0 Å². The molecule has 0 aliphatic carbocycles. The minimum atomic E-state index is -0.467. The summed E-state index contributed by atoms with van der Waals surface area (Å²) in [4.78, 5) is 11.1. The summed E-state index contributed by atoms with van der Waals surface area (Å²) in [5, 5.41) is 0. The summed E-state index contributed by atoms with van der Waals surface area (Å²) < 4.78 is 13.1. The number of nitrogens with two attached hydrogens (primary N) is 1. The highest BCUT2D eigenvalue weighted by atomic mass is 19.1. The molecule has 17 heavy (non-hydrogen) atoms. The highest BCUT2D eigenvalue weighted by Gasteiger charge is 2.04. The van der Waals surface area contributed by atoms with Crippen LogP contribution < -0.4 is 5.73 Å². The SMILES string of the molecule is Cc1cc(-c2cccc(C(N)=O)c2)ccc1F. The van der Waals surface area contributed by atoms with Crippen LogP contribution in [0.25, 0.3) is 11.1 Å². The molecule has 2 nitrogen and oxygen atoms in total. The Bertz CT molecular complexity index is 578. The predicted molar refractivity (Wildman–Crippen MR) is 65.1 cm³/mol. The third kappa shape index (κ3) is 2.33. The Morgan fingerprint density at radius 2 is 1.82 bits per heavy atom. The molecule has 2 aromatic rings. The van der Waals surface area contributed by atoms with Crippen molar-refractivity contribution in [3.05, 3.63) is 59.4 Å². The van der Waals surface area contributed by atoms with E-state index in [4.69, 9.17) is 5.73 Å². The van der Waals surface area contributed by atoms with Crippen LogP contribution in [0.3, 0.4) is 0 Å². The maximum absolute atomic E-state index is 13.1. The van der Waals surface area contributed by atoms with Gasteiger partial charge in [-0.3, -0.25) is 4.79 Å². The van der Waals surface area contributed by atoms with Crippen LogP contribution >= 0.6 is 0 Å². The van der Waals surface area contributed by atoms with Crippen LogP contribution in [-0.2, 0) is 0 Å². The lowest BCUT2D eigenvalue weighted by atomic mass is 10.0. The number of amides is 1. The lowest BCUT2D eigenvalue weighted by molar-refractivity contribution is 0.100. The van der Waals surface area contributed by atoms with Gasteiger partial charge in [0.15, 0.2) is 0 Å². The van der Waals surface area contributed by atoms with Crippen molar-refractivity contribution in [2.45, 2.75) is 6.92 Å². The van der Waals surface area contributed by atoms with Crippen molar-refractivity contribution in [1.82, 2.24) is 0 Å². The molecule has 0 saturated carbocycles. The van der Waals surface area contributed by atoms with Crippen molar-refractivity contribution >= 4 is 5.91 Å². The van der Waals surface area contributed by atoms with E-state index in [-0.39, 0.29) is 5.82 Å². The number of carbonyl (C=O) groups is 1. The topological polar surface area (TPSA) is 43.1 Å². The van der Waals surface area contributed by atoms with Gasteiger partial charge in [-0.1, -0.05) is 18.2 Å². The van der Waals surface area contributed by atoms with Crippen molar-refractivity contribution in [3.8, 4) is 11.1 Å². The summed E-state index contributed by atoms with van der Waals surface area (Å²) in [6.45, 7) is 1.71. The average molecular weight is 229 g/mol. The zero-order valence-corrected chi connectivity index (χ0v) is 9.41. The number of aryl methyl sites for hydroxylation is 1. The van der Waals surface area contributed by atoms with Gasteiger partial charge in [-0.2, -0.15) is 0 Å². The van der Waals surface area contributed by atoms with E-state index in [1.807, 2.05) is 6.07 Å². The Balaban J connectivity index is 2.49. The molecule has 0 unspecified atom stereocenters. The first-order valence-corrected chi connectivity index (χ1v) is 5.24. The van der Waals surface area contributed by atoms with Crippen LogP contribution in [0.1, 0.15) is 15.9 Å². The normalized spacial score (nSPS) is 10.2. The number of rotatable bonds is 2. The maximum atomic E-state index is 13.1. The maximum Gasteiger partial charge on any atom is 0.248 e. The first-order valence-electron chi connectivity index (χ1n) is 5.24. The molecule has 0 radical (unpaired) electrons. The van der Waals surface area contributed by atoms with Crippen LogP contribution in [-0.4, -0.2) is 5.91 Å². The minimum Gasteiger partial charge on any atom is -0.366 e. The molecule has 2 rings (SSSR count). The molecule has 86 valence electrons. The Labute approximate surface area is 98.9 Å². The fraction of sp³-hybridized carbons (Fsp3) is 0.0714. The summed E-state index contributed by atoms with van der Waals surface area (Å²) in [5.41, 5.74) is 7.96. The van der Waals surface area contributed by atoms with Crippen molar-refractivity contribution in [1.29, 1.82) is 0 Å². The van der Waals surface area contributed by atoms with E-state index in [0.29, 0.717) is 11.1 Å². The molecule has 0 atom stereocenters. The van der Waals surface area contributed by atoms with E-state index in [2.05, 4.69) is 0 Å². The van der Waals surface area contributed by atoms with Crippen molar-refractivity contribution in [3.63, 3.8) is 0 Å². The summed E-state index contributed by atoms with van der Waals surface area (Å²) in [7, 11) is 0. The van der Waals surface area contributed by atoms with Crippen LogP contribution in [0, 0.1) is 12.7 Å². The molecule has 1 amide bonds. The van der Waals surface area contributed by atoms with Crippen molar-refractivity contribution in [2.24, 2.45) is 5.73 Å². The van der Waals surface area contributed by atoms with Gasteiger partial charge in [0.2, 0.25) is 5.91 Å². The third-order valence-electron chi connectivity index (χ3n) is 2.64. The zero-order valence-electron chi connectivity index (χ0n) is 9.41. The van der Waals surface area contributed by atoms with Gasteiger partial charge < -0.3 is 5.73 Å². The molecule has 0 saturated heterocycles. The molecule has 0 heterocycles. The number of hydrogen-bond donors (Lipinski definition) is 1. The van der Waals surface area contributed by atoms with Crippen LogP contribution in [0.4, 0.5) is 4.39 Å². The van der Waals surface area contributed by atoms with E-state index in [0.717, 1.165) is 11.1 Å². The van der Waals surface area contributed by atoms with E-state index >= 15 is 0 Å². The number of hydrogen-bond acceptors (Lipinski definition) is 1. The summed E-state index contributed by atoms with van der Waals surface area (Å²) in [6.07, 6.45) is 0. The first kappa shape index (κ1) is 11.3. The predicted octanol–water partition coefficient (Wildman–Crippen LogP) is 2.90. The molecule has 3 heteroatoms. The third-order valence-corrected chi connectivity index (χ3v) is 2.64. The average Bonchev–Trinajstić information content (AvgIpc) is 2.33. The number of benzene rings is 2. The number of halogens is 1. The van der Waals surface area contributed by atoms with Gasteiger partial charge in [-0.15, -0.1) is 0 Å². The number of carbonyl (C=O) groups excluding carboxylic acids is 1. The Kier molecular flexibility index (Phi) is 2.91. The van der Waals surface area contributed by atoms with Crippen LogP contribution in [0.2, 0.25) is 0 Å². The number of primary amides is 1. The van der Waals surface area contributed by atoms with E-state index < -0.39 is 5.91 Å². The second-order valence-corrected chi connectivity index (χ2v) is 3.91. The van der Waals surface area contributed by atoms with Gasteiger partial charge in [0, 0.05) is 5.56 Å². The molecule has 0 aliphatic rings. The fourth-order valence-corrected chi connectivity index (χ4v) is 1.68. The lowest BCUT2D eigenvalue weighted by Crippen LogP contribution is -2.10. The molecule has 0 bridgehead atoms. The van der Waals surface area contributed by atoms with E-state index in [1.165, 1.54) is 6.07 Å². The Hall–Kier alpha value is -2.16.